The molecule has 1 aliphatic carbocycles. The quantitative estimate of drug-likeness (QED) is 0.816. The van der Waals surface area contributed by atoms with Crippen LogP contribution in [0, 0.1) is 11.3 Å². The van der Waals surface area contributed by atoms with Gasteiger partial charge in [0, 0.05) is 37.2 Å². The number of ether oxygens (including phenoxy) is 3. The molecule has 1 saturated heterocycles. The minimum Gasteiger partial charge on any atom is -0.475 e. The average molecular weight is 292 g/mol. The van der Waals surface area contributed by atoms with Crippen LogP contribution in [0.1, 0.15) is 20.3 Å². The lowest BCUT2D eigenvalue weighted by Crippen LogP contribution is -2.63. The maximum atomic E-state index is 5.82. The molecule has 21 heavy (non-hydrogen) atoms. The number of rotatable bonds is 6. The summed E-state index contributed by atoms with van der Waals surface area (Å²) in [5.41, 5.74) is 1.21. The third-order valence-corrected chi connectivity index (χ3v) is 4.70. The number of methoxy groups -OCH3 is 1. The van der Waals surface area contributed by atoms with Gasteiger partial charge in [0.15, 0.2) is 0 Å². The molecule has 2 fully saturated rings. The van der Waals surface area contributed by atoms with Gasteiger partial charge in [0.2, 0.25) is 5.88 Å². The number of hydrogen-bond acceptors (Lipinski definition) is 5. The number of anilines is 1. The second-order valence-electron chi connectivity index (χ2n) is 6.41. The first-order valence-electron chi connectivity index (χ1n) is 7.59. The first-order valence-corrected chi connectivity index (χ1v) is 7.59. The van der Waals surface area contributed by atoms with Crippen molar-refractivity contribution in [1.82, 2.24) is 4.98 Å². The molecule has 1 N–H and O–H groups in total. The second-order valence-corrected chi connectivity index (χ2v) is 6.41. The fourth-order valence-corrected chi connectivity index (χ4v) is 3.58. The second kappa shape index (κ2) is 5.81. The molecule has 3 rings (SSSR count). The molecular weight excluding hydrogens is 268 g/mol. The van der Waals surface area contributed by atoms with E-state index in [1.54, 1.807) is 7.11 Å². The third-order valence-electron chi connectivity index (χ3n) is 4.70. The van der Waals surface area contributed by atoms with Crippen molar-refractivity contribution in [2.45, 2.75) is 32.4 Å². The highest BCUT2D eigenvalue weighted by molar-refractivity contribution is 5.45. The lowest BCUT2D eigenvalue weighted by Gasteiger charge is -2.55. The highest BCUT2D eigenvalue weighted by Crippen LogP contribution is 2.53. The Morgan fingerprint density at radius 1 is 1.38 bits per heavy atom. The summed E-state index contributed by atoms with van der Waals surface area (Å²) in [6, 6.07) is 4.37. The van der Waals surface area contributed by atoms with E-state index in [1.165, 1.54) is 0 Å². The summed E-state index contributed by atoms with van der Waals surface area (Å²) in [4.78, 5) is 4.32. The lowest BCUT2D eigenvalue weighted by atomic mass is 9.57. The smallest absolute Gasteiger partial charge is 0.213 e. The molecule has 2 heterocycles. The topological polar surface area (TPSA) is 52.6 Å². The Morgan fingerprint density at radius 2 is 2.24 bits per heavy atom. The van der Waals surface area contributed by atoms with Crippen LogP contribution in [0.2, 0.25) is 0 Å². The molecule has 0 radical (unpaired) electrons. The summed E-state index contributed by atoms with van der Waals surface area (Å²) < 4.78 is 16.2. The molecule has 0 bridgehead atoms. The largest absolute Gasteiger partial charge is 0.475 e. The molecule has 116 valence electrons. The number of aromatic nitrogens is 1. The first-order chi connectivity index (χ1) is 10.1. The van der Waals surface area contributed by atoms with Crippen molar-refractivity contribution >= 4 is 5.69 Å². The highest BCUT2D eigenvalue weighted by Gasteiger charge is 2.59. The van der Waals surface area contributed by atoms with Gasteiger partial charge in [-0.05, 0) is 12.5 Å². The number of pyridine rings is 1. The molecule has 2 aliphatic rings. The van der Waals surface area contributed by atoms with E-state index in [0.29, 0.717) is 37.2 Å². The molecule has 5 heteroatoms. The summed E-state index contributed by atoms with van der Waals surface area (Å²) in [5.74, 6) is 1.25. The van der Waals surface area contributed by atoms with E-state index in [9.17, 15) is 0 Å². The van der Waals surface area contributed by atoms with Crippen LogP contribution in [0.25, 0.3) is 0 Å². The lowest BCUT2D eigenvalue weighted by molar-refractivity contribution is -0.0923. The summed E-state index contributed by atoms with van der Waals surface area (Å²) in [5, 5.41) is 3.61. The molecule has 1 aromatic heterocycles. The average Bonchev–Trinajstić information content (AvgIpc) is 2.93. The highest BCUT2D eigenvalue weighted by atomic mass is 16.5. The van der Waals surface area contributed by atoms with Crippen LogP contribution in [0.15, 0.2) is 18.3 Å². The zero-order valence-electron chi connectivity index (χ0n) is 13.0. The summed E-state index contributed by atoms with van der Waals surface area (Å²) in [6.07, 6.45) is 3.39. The fraction of sp³-hybridized carbons (Fsp3) is 0.688. The Kier molecular flexibility index (Phi) is 4.04. The van der Waals surface area contributed by atoms with E-state index in [0.717, 1.165) is 18.7 Å². The van der Waals surface area contributed by atoms with E-state index >= 15 is 0 Å². The molecule has 1 saturated carbocycles. The maximum Gasteiger partial charge on any atom is 0.213 e. The van der Waals surface area contributed by atoms with Gasteiger partial charge in [-0.15, -0.1) is 0 Å². The monoisotopic (exact) mass is 292 g/mol. The van der Waals surface area contributed by atoms with Crippen LogP contribution in [-0.2, 0) is 9.47 Å². The van der Waals surface area contributed by atoms with Crippen molar-refractivity contribution in [2.24, 2.45) is 11.3 Å². The number of fused-ring (bicyclic) bond motifs is 1. The van der Waals surface area contributed by atoms with Gasteiger partial charge in [-0.3, -0.25) is 0 Å². The van der Waals surface area contributed by atoms with Crippen LogP contribution in [0.3, 0.4) is 0 Å². The van der Waals surface area contributed by atoms with E-state index < -0.39 is 0 Å². The van der Waals surface area contributed by atoms with Gasteiger partial charge in [-0.25, -0.2) is 4.98 Å². The van der Waals surface area contributed by atoms with E-state index in [4.69, 9.17) is 14.2 Å². The standard InChI is InChI=1S/C16H24N2O3/c1-16(2)14(12-6-7-21-15(12)16)18-11-4-5-13(17-10-11)20-9-8-19-3/h4-5,10,12,14-15,18H,6-9H2,1-3H3. The number of nitrogens with zero attached hydrogens (tertiary/aromatic N) is 1. The van der Waals surface area contributed by atoms with E-state index in [-0.39, 0.29) is 5.41 Å². The van der Waals surface area contributed by atoms with Crippen molar-refractivity contribution < 1.29 is 14.2 Å². The van der Waals surface area contributed by atoms with Crippen molar-refractivity contribution in [2.75, 3.05) is 32.2 Å². The van der Waals surface area contributed by atoms with Crippen molar-refractivity contribution in [3.63, 3.8) is 0 Å². The SMILES string of the molecule is COCCOc1ccc(NC2C3CCOC3C2(C)C)cn1. The molecule has 5 nitrogen and oxygen atoms in total. The van der Waals surface area contributed by atoms with Gasteiger partial charge in [-0.1, -0.05) is 13.8 Å². The molecule has 3 atom stereocenters. The summed E-state index contributed by atoms with van der Waals surface area (Å²) in [7, 11) is 1.66. The Bertz CT molecular complexity index is 475. The van der Waals surface area contributed by atoms with Gasteiger partial charge < -0.3 is 19.5 Å². The molecule has 3 unspecified atom stereocenters. The molecule has 1 aromatic rings. The first kappa shape index (κ1) is 14.6. The van der Waals surface area contributed by atoms with Crippen molar-refractivity contribution in [3.05, 3.63) is 18.3 Å². The normalized spacial score (nSPS) is 29.6. The summed E-state index contributed by atoms with van der Waals surface area (Å²) in [6.45, 7) is 6.52. The van der Waals surface area contributed by atoms with Crippen LogP contribution in [0.4, 0.5) is 5.69 Å². The minimum absolute atomic E-state index is 0.175. The Hall–Kier alpha value is -1.33. The number of hydrogen-bond donors (Lipinski definition) is 1. The van der Waals surface area contributed by atoms with Gasteiger partial charge in [0.1, 0.15) is 6.61 Å². The van der Waals surface area contributed by atoms with Gasteiger partial charge in [-0.2, -0.15) is 0 Å². The van der Waals surface area contributed by atoms with Crippen molar-refractivity contribution in [1.29, 1.82) is 0 Å². The minimum atomic E-state index is 0.175. The van der Waals surface area contributed by atoms with Crippen molar-refractivity contribution in [3.8, 4) is 5.88 Å². The van der Waals surface area contributed by atoms with Crippen LogP contribution < -0.4 is 10.1 Å². The van der Waals surface area contributed by atoms with Crippen LogP contribution in [0.5, 0.6) is 5.88 Å². The zero-order valence-corrected chi connectivity index (χ0v) is 13.0. The zero-order chi connectivity index (χ0) is 14.9. The molecule has 0 amide bonds. The van der Waals surface area contributed by atoms with E-state index in [2.05, 4.69) is 24.1 Å². The predicted octanol–water partition coefficient (Wildman–Crippen LogP) is 2.33. The van der Waals surface area contributed by atoms with Gasteiger partial charge in [0.05, 0.1) is 24.6 Å². The molecular formula is C16H24N2O3. The third kappa shape index (κ3) is 2.72. The maximum absolute atomic E-state index is 5.82. The van der Waals surface area contributed by atoms with E-state index in [1.807, 2.05) is 18.3 Å². The Labute approximate surface area is 126 Å². The molecule has 0 aromatic carbocycles. The predicted molar refractivity (Wildman–Crippen MR) is 80.6 cm³/mol. The van der Waals surface area contributed by atoms with Crippen LogP contribution in [-0.4, -0.2) is 44.1 Å². The molecule has 1 aliphatic heterocycles. The Morgan fingerprint density at radius 3 is 2.95 bits per heavy atom. The van der Waals surface area contributed by atoms with Gasteiger partial charge >= 0.3 is 0 Å². The summed E-state index contributed by atoms with van der Waals surface area (Å²) >= 11 is 0. The van der Waals surface area contributed by atoms with Crippen LogP contribution >= 0.6 is 0 Å². The number of nitrogens with one attached hydrogen (secondary N) is 1. The molecule has 0 spiro atoms. The van der Waals surface area contributed by atoms with Gasteiger partial charge in [0.25, 0.3) is 0 Å². The fourth-order valence-electron chi connectivity index (χ4n) is 3.58. The Balaban J connectivity index is 1.58.